The number of hydrogen-bond acceptors (Lipinski definition) is 4. The molecule has 1 aliphatic rings. The van der Waals surface area contributed by atoms with Gasteiger partial charge in [-0.2, -0.15) is 4.31 Å². The largest absolute Gasteiger partial charge is 0.354 e. The summed E-state index contributed by atoms with van der Waals surface area (Å²) in [5.41, 5.74) is 3.40. The molecule has 0 N–H and O–H groups in total. The molecule has 1 aromatic carbocycles. The molecular weight excluding hydrogens is 298 g/mol. The van der Waals surface area contributed by atoms with Crippen molar-refractivity contribution in [1.82, 2.24) is 9.29 Å². The van der Waals surface area contributed by atoms with E-state index in [0.717, 1.165) is 16.9 Å². The quantitative estimate of drug-likeness (QED) is 0.849. The maximum absolute atomic E-state index is 11.6. The summed E-state index contributed by atoms with van der Waals surface area (Å²) in [6.07, 6.45) is 1.27. The predicted octanol–water partition coefficient (Wildman–Crippen LogP) is 1.93. The zero-order chi connectivity index (χ0) is 15.9. The van der Waals surface area contributed by atoms with Gasteiger partial charge in [-0.3, -0.25) is 0 Å². The highest BCUT2D eigenvalue weighted by Crippen LogP contribution is 2.25. The van der Waals surface area contributed by atoms with Crippen molar-refractivity contribution in [3.63, 3.8) is 0 Å². The molecule has 1 fully saturated rings. The average molecular weight is 319 g/mol. The summed E-state index contributed by atoms with van der Waals surface area (Å²) in [5, 5.41) is 1.18. The summed E-state index contributed by atoms with van der Waals surface area (Å²) in [5.74, 6) is 0.937. The van der Waals surface area contributed by atoms with Crippen molar-refractivity contribution in [2.75, 3.05) is 37.3 Å². The number of aryl methyl sites for hydroxylation is 2. The molecule has 5 nitrogen and oxygen atoms in total. The van der Waals surface area contributed by atoms with E-state index in [9.17, 15) is 8.42 Å². The maximum Gasteiger partial charge on any atom is 0.211 e. The summed E-state index contributed by atoms with van der Waals surface area (Å²) in [7, 11) is -3.09. The molecule has 1 aliphatic heterocycles. The predicted molar refractivity (Wildman–Crippen MR) is 89.8 cm³/mol. The van der Waals surface area contributed by atoms with E-state index in [0.29, 0.717) is 26.2 Å². The van der Waals surface area contributed by atoms with Crippen molar-refractivity contribution in [2.45, 2.75) is 13.8 Å². The van der Waals surface area contributed by atoms with E-state index in [1.54, 1.807) is 0 Å². The Morgan fingerprint density at radius 3 is 2.36 bits per heavy atom. The summed E-state index contributed by atoms with van der Waals surface area (Å²) < 4.78 is 24.7. The number of rotatable bonds is 2. The van der Waals surface area contributed by atoms with E-state index in [1.807, 2.05) is 0 Å². The Bertz CT molecular complexity index is 809. The first-order valence-electron chi connectivity index (χ1n) is 7.43. The van der Waals surface area contributed by atoms with Gasteiger partial charge in [-0.05, 0) is 31.0 Å². The molecule has 0 atom stereocenters. The molecule has 0 amide bonds. The van der Waals surface area contributed by atoms with E-state index in [-0.39, 0.29) is 0 Å². The fourth-order valence-corrected chi connectivity index (χ4v) is 3.78. The number of aromatic nitrogens is 1. The van der Waals surface area contributed by atoms with Gasteiger partial charge in [0.05, 0.1) is 11.8 Å². The lowest BCUT2D eigenvalue weighted by atomic mass is 10.1. The molecule has 2 heterocycles. The second kappa shape index (κ2) is 5.52. The molecule has 0 unspecified atom stereocenters. The minimum absolute atomic E-state index is 0.519. The Kier molecular flexibility index (Phi) is 3.82. The van der Waals surface area contributed by atoms with Crippen LogP contribution in [-0.4, -0.2) is 50.1 Å². The van der Waals surface area contributed by atoms with Crippen LogP contribution in [0.1, 0.15) is 11.1 Å². The molecule has 1 saturated heterocycles. The minimum Gasteiger partial charge on any atom is -0.354 e. The normalized spacial score (nSPS) is 17.1. The van der Waals surface area contributed by atoms with Crippen molar-refractivity contribution >= 4 is 26.7 Å². The third-order valence-electron chi connectivity index (χ3n) is 4.27. The fraction of sp³-hybridized carbons (Fsp3) is 0.438. The van der Waals surface area contributed by atoms with Gasteiger partial charge in [0, 0.05) is 31.6 Å². The number of anilines is 1. The van der Waals surface area contributed by atoms with Crippen LogP contribution in [-0.2, 0) is 10.0 Å². The molecule has 6 heteroatoms. The Labute approximate surface area is 131 Å². The Morgan fingerprint density at radius 2 is 1.73 bits per heavy atom. The van der Waals surface area contributed by atoms with Crippen molar-refractivity contribution in [3.8, 4) is 0 Å². The van der Waals surface area contributed by atoms with Crippen LogP contribution < -0.4 is 4.90 Å². The molecule has 2 aromatic rings. The molecule has 0 spiro atoms. The lowest BCUT2D eigenvalue weighted by molar-refractivity contribution is 0.387. The van der Waals surface area contributed by atoms with Gasteiger partial charge < -0.3 is 4.90 Å². The lowest BCUT2D eigenvalue weighted by Gasteiger charge is -2.34. The minimum atomic E-state index is -3.09. The van der Waals surface area contributed by atoms with Crippen molar-refractivity contribution in [1.29, 1.82) is 0 Å². The van der Waals surface area contributed by atoms with Gasteiger partial charge in [0.1, 0.15) is 5.82 Å². The molecular formula is C16H21N3O2S. The highest BCUT2D eigenvalue weighted by molar-refractivity contribution is 7.88. The first-order chi connectivity index (χ1) is 10.4. The number of nitrogens with zero attached hydrogens (tertiary/aromatic N) is 3. The van der Waals surface area contributed by atoms with Crippen LogP contribution in [0.4, 0.5) is 5.82 Å². The van der Waals surface area contributed by atoms with Gasteiger partial charge in [-0.25, -0.2) is 13.4 Å². The Balaban J connectivity index is 1.91. The van der Waals surface area contributed by atoms with Gasteiger partial charge in [-0.15, -0.1) is 0 Å². The molecule has 0 aliphatic carbocycles. The first kappa shape index (κ1) is 15.2. The zero-order valence-corrected chi connectivity index (χ0v) is 14.0. The Hall–Kier alpha value is -1.66. The molecule has 0 bridgehead atoms. The van der Waals surface area contributed by atoms with Crippen LogP contribution in [0.15, 0.2) is 24.3 Å². The average Bonchev–Trinajstić information content (AvgIpc) is 2.47. The standard InChI is InChI=1S/C16H21N3O2S/c1-12-5-4-6-14-13(2)11-15(17-16(12)14)18-7-9-19(10-8-18)22(3,20)21/h4-6,11H,7-10H2,1-3H3. The second-order valence-corrected chi connectivity index (χ2v) is 7.90. The van der Waals surface area contributed by atoms with Crippen LogP contribution in [0, 0.1) is 13.8 Å². The molecule has 0 radical (unpaired) electrons. The van der Waals surface area contributed by atoms with E-state index in [4.69, 9.17) is 4.98 Å². The van der Waals surface area contributed by atoms with Gasteiger partial charge in [0.2, 0.25) is 10.0 Å². The lowest BCUT2D eigenvalue weighted by Crippen LogP contribution is -2.48. The van der Waals surface area contributed by atoms with Crippen LogP contribution >= 0.6 is 0 Å². The van der Waals surface area contributed by atoms with Crippen molar-refractivity contribution < 1.29 is 8.42 Å². The van der Waals surface area contributed by atoms with E-state index in [2.05, 4.69) is 43.0 Å². The van der Waals surface area contributed by atoms with Gasteiger partial charge in [0.25, 0.3) is 0 Å². The topological polar surface area (TPSA) is 53.5 Å². The third-order valence-corrected chi connectivity index (χ3v) is 5.57. The summed E-state index contributed by atoms with van der Waals surface area (Å²) in [6.45, 7) is 6.56. The maximum atomic E-state index is 11.6. The summed E-state index contributed by atoms with van der Waals surface area (Å²) in [4.78, 5) is 6.97. The molecule has 1 aromatic heterocycles. The van der Waals surface area contributed by atoms with Crippen LogP contribution in [0.5, 0.6) is 0 Å². The number of piperazine rings is 1. The SMILES string of the molecule is Cc1cc(N2CCN(S(C)(=O)=O)CC2)nc2c(C)cccc12. The molecule has 118 valence electrons. The van der Waals surface area contributed by atoms with Crippen molar-refractivity contribution in [2.24, 2.45) is 0 Å². The summed E-state index contributed by atoms with van der Waals surface area (Å²) in [6, 6.07) is 8.31. The molecule has 3 rings (SSSR count). The summed E-state index contributed by atoms with van der Waals surface area (Å²) >= 11 is 0. The highest BCUT2D eigenvalue weighted by atomic mass is 32.2. The molecule has 22 heavy (non-hydrogen) atoms. The zero-order valence-electron chi connectivity index (χ0n) is 13.2. The molecule has 0 saturated carbocycles. The third kappa shape index (κ3) is 2.80. The van der Waals surface area contributed by atoms with Crippen LogP contribution in [0.2, 0.25) is 0 Å². The number of benzene rings is 1. The number of sulfonamides is 1. The van der Waals surface area contributed by atoms with Crippen LogP contribution in [0.25, 0.3) is 10.9 Å². The number of pyridine rings is 1. The Morgan fingerprint density at radius 1 is 1.05 bits per heavy atom. The van der Waals surface area contributed by atoms with E-state index >= 15 is 0 Å². The van der Waals surface area contributed by atoms with Gasteiger partial charge >= 0.3 is 0 Å². The smallest absolute Gasteiger partial charge is 0.211 e. The first-order valence-corrected chi connectivity index (χ1v) is 9.28. The van der Waals surface area contributed by atoms with Crippen molar-refractivity contribution in [3.05, 3.63) is 35.4 Å². The number of hydrogen-bond donors (Lipinski definition) is 0. The number of para-hydroxylation sites is 1. The highest BCUT2D eigenvalue weighted by Gasteiger charge is 2.24. The van der Waals surface area contributed by atoms with E-state index < -0.39 is 10.0 Å². The van der Waals surface area contributed by atoms with Crippen LogP contribution in [0.3, 0.4) is 0 Å². The second-order valence-electron chi connectivity index (χ2n) is 5.92. The number of fused-ring (bicyclic) bond motifs is 1. The monoisotopic (exact) mass is 319 g/mol. The van der Waals surface area contributed by atoms with Gasteiger partial charge in [0.15, 0.2) is 0 Å². The van der Waals surface area contributed by atoms with E-state index in [1.165, 1.54) is 21.5 Å². The fourth-order valence-electron chi connectivity index (χ4n) is 2.95. The van der Waals surface area contributed by atoms with Gasteiger partial charge in [-0.1, -0.05) is 18.2 Å².